The van der Waals surface area contributed by atoms with Crippen LogP contribution in [0.15, 0.2) is 39.4 Å². The fourth-order valence-corrected chi connectivity index (χ4v) is 2.46. The Labute approximate surface area is 120 Å². The highest BCUT2D eigenvalue weighted by Gasteiger charge is 2.10. The molecular weight excluding hydrogens is 369 g/mol. The van der Waals surface area contributed by atoms with Crippen LogP contribution in [0.1, 0.15) is 5.56 Å². The van der Waals surface area contributed by atoms with Gasteiger partial charge in [-0.3, -0.25) is 0 Å². The molecule has 0 amide bonds. The van der Waals surface area contributed by atoms with Crippen LogP contribution in [0.3, 0.4) is 0 Å². The van der Waals surface area contributed by atoms with Crippen molar-refractivity contribution >= 4 is 31.9 Å². The van der Waals surface area contributed by atoms with Gasteiger partial charge >= 0.3 is 0 Å². The highest BCUT2D eigenvalue weighted by atomic mass is 79.9. The SMILES string of the molecule is OCc1cc(F)cnc1Oc1ccc(Br)cc1Br. The highest BCUT2D eigenvalue weighted by Crippen LogP contribution is 2.32. The Morgan fingerprint density at radius 1 is 1.28 bits per heavy atom. The summed E-state index contributed by atoms with van der Waals surface area (Å²) in [6.45, 7) is -0.339. The molecule has 0 aliphatic heterocycles. The third-order valence-corrected chi connectivity index (χ3v) is 3.28. The van der Waals surface area contributed by atoms with Crippen molar-refractivity contribution in [3.8, 4) is 11.6 Å². The van der Waals surface area contributed by atoms with E-state index in [4.69, 9.17) is 9.84 Å². The van der Waals surface area contributed by atoms with Gasteiger partial charge in [-0.05, 0) is 40.2 Å². The highest BCUT2D eigenvalue weighted by molar-refractivity contribution is 9.11. The molecule has 6 heteroatoms. The summed E-state index contributed by atoms with van der Waals surface area (Å²) in [4.78, 5) is 3.82. The largest absolute Gasteiger partial charge is 0.437 e. The van der Waals surface area contributed by atoms with Crippen molar-refractivity contribution in [3.05, 3.63) is 50.8 Å². The van der Waals surface area contributed by atoms with E-state index in [1.165, 1.54) is 6.07 Å². The van der Waals surface area contributed by atoms with Crippen LogP contribution in [0.5, 0.6) is 11.6 Å². The van der Waals surface area contributed by atoms with Crippen LogP contribution >= 0.6 is 31.9 Å². The van der Waals surface area contributed by atoms with Gasteiger partial charge in [0.2, 0.25) is 5.88 Å². The van der Waals surface area contributed by atoms with E-state index in [2.05, 4.69) is 36.8 Å². The molecule has 0 unspecified atom stereocenters. The van der Waals surface area contributed by atoms with E-state index in [0.717, 1.165) is 15.1 Å². The average Bonchev–Trinajstić information content (AvgIpc) is 2.34. The summed E-state index contributed by atoms with van der Waals surface area (Å²) in [5, 5.41) is 9.13. The number of aromatic nitrogens is 1. The minimum atomic E-state index is -0.513. The van der Waals surface area contributed by atoms with Crippen LogP contribution in [0, 0.1) is 5.82 Å². The predicted molar refractivity (Wildman–Crippen MR) is 72.0 cm³/mol. The third kappa shape index (κ3) is 3.07. The molecule has 2 aromatic rings. The van der Waals surface area contributed by atoms with Gasteiger partial charge in [0, 0.05) is 10.0 Å². The van der Waals surface area contributed by atoms with Gasteiger partial charge in [0.05, 0.1) is 17.3 Å². The Hall–Kier alpha value is -0.980. The molecule has 1 aromatic carbocycles. The maximum absolute atomic E-state index is 13.0. The van der Waals surface area contributed by atoms with E-state index in [1.54, 1.807) is 6.07 Å². The normalized spacial score (nSPS) is 10.4. The van der Waals surface area contributed by atoms with E-state index in [1.807, 2.05) is 12.1 Å². The number of nitrogens with zero attached hydrogens (tertiary/aromatic N) is 1. The van der Waals surface area contributed by atoms with Crippen molar-refractivity contribution in [2.75, 3.05) is 0 Å². The van der Waals surface area contributed by atoms with E-state index in [0.29, 0.717) is 11.3 Å². The van der Waals surface area contributed by atoms with Gasteiger partial charge in [-0.2, -0.15) is 0 Å². The lowest BCUT2D eigenvalue weighted by Crippen LogP contribution is -1.96. The van der Waals surface area contributed by atoms with E-state index >= 15 is 0 Å². The van der Waals surface area contributed by atoms with Gasteiger partial charge in [0.25, 0.3) is 0 Å². The molecule has 2 rings (SSSR count). The fourth-order valence-electron chi connectivity index (χ4n) is 1.34. The zero-order valence-electron chi connectivity index (χ0n) is 9.03. The van der Waals surface area contributed by atoms with Crippen LogP contribution in [0.25, 0.3) is 0 Å². The van der Waals surface area contributed by atoms with Crippen LogP contribution in [-0.4, -0.2) is 10.1 Å². The molecule has 0 saturated carbocycles. The summed E-state index contributed by atoms with van der Waals surface area (Å²) < 4.78 is 20.1. The Balaban J connectivity index is 2.33. The predicted octanol–water partition coefficient (Wildman–Crippen LogP) is 4.03. The molecule has 0 saturated heterocycles. The Kier molecular flexibility index (Phi) is 4.31. The molecule has 1 N–H and O–H groups in total. The Morgan fingerprint density at radius 2 is 2.06 bits per heavy atom. The summed E-state index contributed by atoms with van der Waals surface area (Å²) in [7, 11) is 0. The minimum Gasteiger partial charge on any atom is -0.437 e. The standard InChI is InChI=1S/C12H8Br2FNO2/c13-8-1-2-11(10(14)4-8)18-12-7(6-17)3-9(15)5-16-12/h1-5,17H,6H2. The van der Waals surface area contributed by atoms with Crippen LogP contribution < -0.4 is 4.74 Å². The first-order valence-corrected chi connectivity index (χ1v) is 6.57. The summed E-state index contributed by atoms with van der Waals surface area (Å²) in [6.07, 6.45) is 1.04. The molecule has 0 fully saturated rings. The number of hydrogen-bond donors (Lipinski definition) is 1. The lowest BCUT2D eigenvalue weighted by molar-refractivity contribution is 0.274. The van der Waals surface area contributed by atoms with Crippen molar-refractivity contribution in [1.82, 2.24) is 4.98 Å². The summed E-state index contributed by atoms with van der Waals surface area (Å²) in [5.41, 5.74) is 0.296. The van der Waals surface area contributed by atoms with Gasteiger partial charge in [0.1, 0.15) is 11.6 Å². The van der Waals surface area contributed by atoms with Gasteiger partial charge in [-0.1, -0.05) is 15.9 Å². The lowest BCUT2D eigenvalue weighted by atomic mass is 10.3. The topological polar surface area (TPSA) is 42.4 Å². The molecule has 0 aliphatic carbocycles. The Morgan fingerprint density at radius 3 is 2.72 bits per heavy atom. The molecular formula is C12H8Br2FNO2. The van der Waals surface area contributed by atoms with E-state index in [9.17, 15) is 4.39 Å². The molecule has 18 heavy (non-hydrogen) atoms. The summed E-state index contributed by atoms with van der Waals surface area (Å²) >= 11 is 6.67. The monoisotopic (exact) mass is 375 g/mol. The molecule has 0 radical (unpaired) electrons. The molecule has 94 valence electrons. The zero-order chi connectivity index (χ0) is 13.1. The van der Waals surface area contributed by atoms with Gasteiger partial charge < -0.3 is 9.84 Å². The molecule has 0 bridgehead atoms. The van der Waals surface area contributed by atoms with Crippen molar-refractivity contribution < 1.29 is 14.2 Å². The summed E-state index contributed by atoms with van der Waals surface area (Å²) in [5.74, 6) is 0.204. The van der Waals surface area contributed by atoms with Gasteiger partial charge in [0.15, 0.2) is 0 Å². The number of aliphatic hydroxyl groups is 1. The number of ether oxygens (including phenoxy) is 1. The quantitative estimate of drug-likeness (QED) is 0.879. The molecule has 1 aromatic heterocycles. The number of pyridine rings is 1. The van der Waals surface area contributed by atoms with Crippen molar-refractivity contribution in [3.63, 3.8) is 0 Å². The fraction of sp³-hybridized carbons (Fsp3) is 0.0833. The number of rotatable bonds is 3. The molecule has 0 atom stereocenters. The number of aliphatic hydroxyl groups excluding tert-OH is 1. The van der Waals surface area contributed by atoms with E-state index in [-0.39, 0.29) is 12.5 Å². The van der Waals surface area contributed by atoms with Crippen LogP contribution in [0.2, 0.25) is 0 Å². The van der Waals surface area contributed by atoms with E-state index < -0.39 is 5.82 Å². The summed E-state index contributed by atoms with van der Waals surface area (Å²) in [6, 6.07) is 6.55. The first-order valence-electron chi connectivity index (χ1n) is 4.98. The van der Waals surface area contributed by atoms with Crippen LogP contribution in [0.4, 0.5) is 4.39 Å². The second-order valence-electron chi connectivity index (χ2n) is 3.45. The average molecular weight is 377 g/mol. The first kappa shape index (κ1) is 13.5. The minimum absolute atomic E-state index is 0.182. The Bertz CT molecular complexity index is 578. The second-order valence-corrected chi connectivity index (χ2v) is 5.22. The van der Waals surface area contributed by atoms with Crippen LogP contribution in [-0.2, 0) is 6.61 Å². The molecule has 0 spiro atoms. The zero-order valence-corrected chi connectivity index (χ0v) is 12.2. The van der Waals surface area contributed by atoms with Crippen molar-refractivity contribution in [1.29, 1.82) is 0 Å². The lowest BCUT2D eigenvalue weighted by Gasteiger charge is -2.10. The first-order chi connectivity index (χ1) is 8.60. The van der Waals surface area contributed by atoms with Crippen molar-refractivity contribution in [2.45, 2.75) is 6.61 Å². The van der Waals surface area contributed by atoms with Crippen molar-refractivity contribution in [2.24, 2.45) is 0 Å². The second kappa shape index (κ2) is 5.77. The molecule has 1 heterocycles. The maximum atomic E-state index is 13.0. The van der Waals surface area contributed by atoms with Gasteiger partial charge in [-0.25, -0.2) is 9.37 Å². The number of halogens is 3. The molecule has 0 aliphatic rings. The molecule has 3 nitrogen and oxygen atoms in total. The number of benzene rings is 1. The smallest absolute Gasteiger partial charge is 0.224 e. The van der Waals surface area contributed by atoms with Gasteiger partial charge in [-0.15, -0.1) is 0 Å². The third-order valence-electron chi connectivity index (χ3n) is 2.16. The maximum Gasteiger partial charge on any atom is 0.224 e. The number of hydrogen-bond acceptors (Lipinski definition) is 3.